The molecular weight excluding hydrogens is 315 g/mol. The van der Waals surface area contributed by atoms with Crippen molar-refractivity contribution in [3.63, 3.8) is 0 Å². The van der Waals surface area contributed by atoms with Crippen molar-refractivity contribution >= 4 is 13.6 Å². The summed E-state index contributed by atoms with van der Waals surface area (Å²) < 4.78 is 30.2. The first kappa shape index (κ1) is 18.2. The van der Waals surface area contributed by atoms with Gasteiger partial charge in [0.15, 0.2) is 0 Å². The molecule has 1 heterocycles. The van der Waals surface area contributed by atoms with Gasteiger partial charge in [-0.3, -0.25) is 9.36 Å². The van der Waals surface area contributed by atoms with Crippen LogP contribution >= 0.6 is 7.60 Å². The molecule has 1 aliphatic rings. The zero-order valence-electron chi connectivity index (χ0n) is 14.3. The van der Waals surface area contributed by atoms with Gasteiger partial charge in [0.1, 0.15) is 11.8 Å². The summed E-state index contributed by atoms with van der Waals surface area (Å²) in [6, 6.07) is 7.67. The second kappa shape index (κ2) is 7.16. The van der Waals surface area contributed by atoms with Crippen molar-refractivity contribution in [2.45, 2.75) is 65.0 Å². The third-order valence-electron chi connectivity index (χ3n) is 3.48. The quantitative estimate of drug-likeness (QED) is 0.567. The van der Waals surface area contributed by atoms with E-state index in [1.807, 2.05) is 31.2 Å². The molecule has 23 heavy (non-hydrogen) atoms. The number of carbonyl (C=O) groups excluding carboxylic acids is 1. The molecule has 1 saturated heterocycles. The molecule has 0 aliphatic carbocycles. The van der Waals surface area contributed by atoms with Gasteiger partial charge in [0.2, 0.25) is 0 Å². The van der Waals surface area contributed by atoms with E-state index >= 15 is 0 Å². The van der Waals surface area contributed by atoms with Gasteiger partial charge in [-0.25, -0.2) is 0 Å². The fourth-order valence-electron chi connectivity index (χ4n) is 2.73. The lowest BCUT2D eigenvalue weighted by atomic mass is 10.0. The van der Waals surface area contributed by atoms with Crippen LogP contribution < -0.4 is 0 Å². The molecule has 1 aliphatic heterocycles. The predicted octanol–water partition coefficient (Wildman–Crippen LogP) is 4.39. The Morgan fingerprint density at radius 3 is 2.30 bits per heavy atom. The molecule has 1 aromatic rings. The number of hydrogen-bond donors (Lipinski definition) is 0. The monoisotopic (exact) mass is 340 g/mol. The zero-order chi connectivity index (χ0) is 17.2. The summed E-state index contributed by atoms with van der Waals surface area (Å²) in [4.78, 5) is 11.9. The maximum absolute atomic E-state index is 13.4. The molecule has 2 atom stereocenters. The first-order valence-corrected chi connectivity index (χ1v) is 9.55. The molecule has 1 aromatic carbocycles. The van der Waals surface area contributed by atoms with Crippen molar-refractivity contribution in [1.82, 2.24) is 0 Å². The number of hydrogen-bond acceptors (Lipinski definition) is 5. The van der Waals surface area contributed by atoms with Crippen molar-refractivity contribution in [2.75, 3.05) is 0 Å². The van der Waals surface area contributed by atoms with Crippen molar-refractivity contribution in [2.24, 2.45) is 0 Å². The van der Waals surface area contributed by atoms with Crippen LogP contribution in [0.1, 0.15) is 51.3 Å². The first-order chi connectivity index (χ1) is 10.7. The van der Waals surface area contributed by atoms with Crippen LogP contribution in [0.25, 0.3) is 0 Å². The standard InChI is InChI=1S/C17H25O5P/c1-11(2)21-23(19,22-12(3)4)15-10-16(18)20-17(15)14-8-6-7-13(5)9-14/h6-9,11-12,15,17H,10H2,1-5H3/t15-,17+/m1/s1. The van der Waals surface area contributed by atoms with Crippen LogP contribution in [0, 0.1) is 6.92 Å². The van der Waals surface area contributed by atoms with E-state index in [1.54, 1.807) is 27.7 Å². The molecule has 0 bridgehead atoms. The van der Waals surface area contributed by atoms with Crippen LogP contribution in [0.4, 0.5) is 0 Å². The molecule has 0 radical (unpaired) electrons. The van der Waals surface area contributed by atoms with Crippen LogP contribution in [-0.2, 0) is 23.1 Å². The highest BCUT2D eigenvalue weighted by molar-refractivity contribution is 7.54. The number of benzene rings is 1. The SMILES string of the molecule is Cc1cccc([C@@H]2OC(=O)C[C@H]2P(=O)(OC(C)C)OC(C)C)c1. The Hall–Kier alpha value is -1.16. The Bertz CT molecular complexity index is 597. The van der Waals surface area contributed by atoms with Gasteiger partial charge in [-0.15, -0.1) is 0 Å². The fraction of sp³-hybridized carbons (Fsp3) is 0.588. The summed E-state index contributed by atoms with van der Waals surface area (Å²) in [7, 11) is -3.50. The number of esters is 1. The Balaban J connectivity index is 2.39. The molecule has 0 saturated carbocycles. The molecule has 128 valence electrons. The molecule has 0 amide bonds. The second-order valence-corrected chi connectivity index (χ2v) is 8.61. The van der Waals surface area contributed by atoms with Crippen LogP contribution in [-0.4, -0.2) is 23.8 Å². The third-order valence-corrected chi connectivity index (χ3v) is 6.17. The second-order valence-electron chi connectivity index (χ2n) is 6.44. The Morgan fingerprint density at radius 1 is 1.17 bits per heavy atom. The van der Waals surface area contributed by atoms with Crippen molar-refractivity contribution in [3.8, 4) is 0 Å². The van der Waals surface area contributed by atoms with Gasteiger partial charge in [-0.2, -0.15) is 0 Å². The summed E-state index contributed by atoms with van der Waals surface area (Å²) in [5, 5.41) is 0. The van der Waals surface area contributed by atoms with Crippen molar-refractivity contribution < 1.29 is 23.1 Å². The fourth-order valence-corrected chi connectivity index (χ4v) is 5.20. The summed E-state index contributed by atoms with van der Waals surface area (Å²) in [5.41, 5.74) is 1.25. The van der Waals surface area contributed by atoms with Crippen LogP contribution in [0.15, 0.2) is 24.3 Å². The molecule has 5 nitrogen and oxygen atoms in total. The molecule has 1 fully saturated rings. The molecular formula is C17H25O5P. The highest BCUT2D eigenvalue weighted by Gasteiger charge is 2.50. The van der Waals surface area contributed by atoms with E-state index < -0.39 is 19.4 Å². The largest absolute Gasteiger partial charge is 0.456 e. The van der Waals surface area contributed by atoms with E-state index in [-0.39, 0.29) is 24.6 Å². The van der Waals surface area contributed by atoms with Gasteiger partial charge in [0, 0.05) is 0 Å². The average Bonchev–Trinajstić information content (AvgIpc) is 2.79. The highest BCUT2D eigenvalue weighted by atomic mass is 31.2. The summed E-state index contributed by atoms with van der Waals surface area (Å²) in [6.45, 7) is 9.17. The highest BCUT2D eigenvalue weighted by Crippen LogP contribution is 2.62. The lowest BCUT2D eigenvalue weighted by Gasteiger charge is -2.29. The minimum absolute atomic E-state index is 0.0370. The van der Waals surface area contributed by atoms with Gasteiger partial charge >= 0.3 is 13.6 Å². The van der Waals surface area contributed by atoms with Gasteiger partial charge in [0.05, 0.1) is 18.6 Å². The van der Waals surface area contributed by atoms with E-state index in [1.165, 1.54) is 0 Å². The number of carbonyl (C=O) groups is 1. The Labute approximate surface area is 137 Å². The molecule has 6 heteroatoms. The molecule has 0 N–H and O–H groups in total. The lowest BCUT2D eigenvalue weighted by Crippen LogP contribution is -2.21. The molecule has 0 spiro atoms. The van der Waals surface area contributed by atoms with Crippen molar-refractivity contribution in [3.05, 3.63) is 35.4 Å². The Morgan fingerprint density at radius 2 is 1.78 bits per heavy atom. The lowest BCUT2D eigenvalue weighted by molar-refractivity contribution is -0.141. The smallest absolute Gasteiger partial charge is 0.338 e. The Kier molecular flexibility index (Phi) is 5.66. The normalized spacial score (nSPS) is 22.0. The summed E-state index contributed by atoms with van der Waals surface area (Å²) in [5.74, 6) is -0.374. The van der Waals surface area contributed by atoms with E-state index in [0.717, 1.165) is 11.1 Å². The summed E-state index contributed by atoms with van der Waals surface area (Å²) in [6.07, 6.45) is -1.11. The van der Waals surface area contributed by atoms with Gasteiger partial charge < -0.3 is 13.8 Å². The minimum atomic E-state index is -3.50. The predicted molar refractivity (Wildman–Crippen MR) is 88.5 cm³/mol. The van der Waals surface area contributed by atoms with Crippen molar-refractivity contribution in [1.29, 1.82) is 0 Å². The number of ether oxygens (including phenoxy) is 1. The zero-order valence-corrected chi connectivity index (χ0v) is 15.2. The third kappa shape index (κ3) is 4.43. The van der Waals surface area contributed by atoms with E-state index in [4.69, 9.17) is 13.8 Å². The molecule has 2 rings (SSSR count). The summed E-state index contributed by atoms with van der Waals surface area (Å²) >= 11 is 0. The maximum atomic E-state index is 13.4. The number of cyclic esters (lactones) is 1. The molecule has 0 aromatic heterocycles. The van der Waals surface area contributed by atoms with Crippen LogP contribution in [0.2, 0.25) is 0 Å². The number of aryl methyl sites for hydroxylation is 1. The van der Waals surface area contributed by atoms with E-state index in [0.29, 0.717) is 0 Å². The van der Waals surface area contributed by atoms with Crippen LogP contribution in [0.3, 0.4) is 0 Å². The minimum Gasteiger partial charge on any atom is -0.456 e. The average molecular weight is 340 g/mol. The van der Waals surface area contributed by atoms with E-state index in [2.05, 4.69) is 0 Å². The van der Waals surface area contributed by atoms with Gasteiger partial charge in [0.25, 0.3) is 0 Å². The number of rotatable bonds is 6. The van der Waals surface area contributed by atoms with Gasteiger partial charge in [-0.1, -0.05) is 29.8 Å². The first-order valence-electron chi connectivity index (χ1n) is 7.94. The van der Waals surface area contributed by atoms with Crippen LogP contribution in [0.5, 0.6) is 0 Å². The topological polar surface area (TPSA) is 61.8 Å². The van der Waals surface area contributed by atoms with E-state index in [9.17, 15) is 9.36 Å². The molecule has 0 unspecified atom stereocenters. The maximum Gasteiger partial charge on any atom is 0.338 e. The van der Waals surface area contributed by atoms with Gasteiger partial charge in [-0.05, 0) is 40.2 Å².